The third-order valence-electron chi connectivity index (χ3n) is 11.2. The van der Waals surface area contributed by atoms with E-state index in [1.54, 1.807) is 11.0 Å². The summed E-state index contributed by atoms with van der Waals surface area (Å²) in [6.45, 7) is 5.66. The normalized spacial score (nSPS) is 26.4. The van der Waals surface area contributed by atoms with Gasteiger partial charge in [0.15, 0.2) is 6.10 Å². The molecule has 4 fully saturated rings. The number of benzene rings is 2. The van der Waals surface area contributed by atoms with Gasteiger partial charge in [-0.05, 0) is 74.3 Å². The van der Waals surface area contributed by atoms with Crippen molar-refractivity contribution in [3.63, 3.8) is 0 Å². The number of hydrogen-bond acceptors (Lipinski definition) is 7. The molecule has 1 spiro atoms. The van der Waals surface area contributed by atoms with Crippen molar-refractivity contribution in [1.29, 1.82) is 0 Å². The predicted octanol–water partition coefficient (Wildman–Crippen LogP) is 4.08. The summed E-state index contributed by atoms with van der Waals surface area (Å²) in [6.07, 6.45) is 5.32. The molecule has 5 aliphatic heterocycles. The van der Waals surface area contributed by atoms with Gasteiger partial charge in [-0.1, -0.05) is 35.9 Å². The number of aryl methyl sites for hydroxylation is 1. The molecular weight excluding hydrogens is 604 g/mol. The van der Waals surface area contributed by atoms with Gasteiger partial charge in [0.1, 0.15) is 0 Å². The molecule has 2 aromatic carbocycles. The Labute approximate surface area is 275 Å². The molecule has 4 N–H and O–H groups in total. The number of carbonyl (C=O) groups excluding carboxylic acids is 3. The molecule has 0 saturated carbocycles. The number of fused-ring (bicyclic) bond motifs is 4. The number of nitrogen functional groups attached to an aromatic ring is 1. The summed E-state index contributed by atoms with van der Waals surface area (Å²) in [5, 5.41) is 7.14. The van der Waals surface area contributed by atoms with Gasteiger partial charge < -0.3 is 30.9 Å². The summed E-state index contributed by atoms with van der Waals surface area (Å²) in [6, 6.07) is 13.4. The Bertz CT molecular complexity index is 1470. The highest BCUT2D eigenvalue weighted by atomic mass is 35.5. The number of rotatable bonds is 5. The Morgan fingerprint density at radius 3 is 2.41 bits per heavy atom. The molecule has 7 rings (SSSR count). The molecule has 3 amide bonds. The number of carbonyl (C=O) groups is 3. The van der Waals surface area contributed by atoms with Gasteiger partial charge in [-0.2, -0.15) is 0 Å². The summed E-state index contributed by atoms with van der Waals surface area (Å²) >= 11 is 6.42. The van der Waals surface area contributed by atoms with Crippen LogP contribution in [-0.2, 0) is 26.2 Å². The van der Waals surface area contributed by atoms with Crippen LogP contribution in [0, 0.1) is 6.92 Å². The SMILES string of the molecule is Cc1cc(C[C@@H](OC(=O)N2CCC3(CC2)CC(=O)Nc2ccccc23)C(=O)N2CCN(C3CC4CCC(C3)N4)CC2)cc(Cl)c1N. The number of piperidine rings is 2. The summed E-state index contributed by atoms with van der Waals surface area (Å²) < 4.78 is 6.09. The Morgan fingerprint density at radius 2 is 1.72 bits per heavy atom. The predicted molar refractivity (Wildman–Crippen MR) is 178 cm³/mol. The van der Waals surface area contributed by atoms with Crippen molar-refractivity contribution in [2.45, 2.75) is 87.9 Å². The van der Waals surface area contributed by atoms with E-state index < -0.39 is 12.2 Å². The van der Waals surface area contributed by atoms with E-state index in [1.165, 1.54) is 25.7 Å². The second-order valence-electron chi connectivity index (χ2n) is 14.0. The van der Waals surface area contributed by atoms with Crippen LogP contribution in [0.2, 0.25) is 5.02 Å². The van der Waals surface area contributed by atoms with Gasteiger partial charge >= 0.3 is 6.09 Å². The maximum atomic E-state index is 14.1. The van der Waals surface area contributed by atoms with Crippen LogP contribution in [0.25, 0.3) is 0 Å². The van der Waals surface area contributed by atoms with E-state index in [4.69, 9.17) is 22.1 Å². The van der Waals surface area contributed by atoms with E-state index in [1.807, 2.05) is 36.1 Å². The molecule has 4 saturated heterocycles. The van der Waals surface area contributed by atoms with Crippen molar-refractivity contribution in [3.05, 3.63) is 58.1 Å². The van der Waals surface area contributed by atoms with Crippen LogP contribution in [0.5, 0.6) is 0 Å². The van der Waals surface area contributed by atoms with Crippen LogP contribution < -0.4 is 16.4 Å². The van der Waals surface area contributed by atoms with Crippen molar-refractivity contribution < 1.29 is 19.1 Å². The summed E-state index contributed by atoms with van der Waals surface area (Å²) in [4.78, 5) is 46.4. The summed E-state index contributed by atoms with van der Waals surface area (Å²) in [5.74, 6) is -0.166. The zero-order chi connectivity index (χ0) is 32.0. The number of nitrogens with zero attached hydrogens (tertiary/aromatic N) is 3. The molecule has 246 valence electrons. The second-order valence-corrected chi connectivity index (χ2v) is 14.5. The number of anilines is 2. The highest BCUT2D eigenvalue weighted by molar-refractivity contribution is 6.33. The topological polar surface area (TPSA) is 120 Å². The molecule has 2 bridgehead atoms. The highest BCUT2D eigenvalue weighted by Gasteiger charge is 2.44. The largest absolute Gasteiger partial charge is 0.436 e. The molecule has 10 nitrogen and oxygen atoms in total. The van der Waals surface area contributed by atoms with Gasteiger partial charge in [0.25, 0.3) is 5.91 Å². The highest BCUT2D eigenvalue weighted by Crippen LogP contribution is 2.45. The number of nitrogens with one attached hydrogen (secondary N) is 2. The average Bonchev–Trinajstić information content (AvgIpc) is 3.40. The fraction of sp³-hybridized carbons (Fsp3) is 0.571. The number of halogens is 1. The lowest BCUT2D eigenvalue weighted by molar-refractivity contribution is -0.143. The number of piperazine rings is 1. The third kappa shape index (κ3) is 6.19. The first-order chi connectivity index (χ1) is 22.2. The van der Waals surface area contributed by atoms with Gasteiger partial charge in [0.05, 0.1) is 10.7 Å². The van der Waals surface area contributed by atoms with Crippen molar-refractivity contribution >= 4 is 40.9 Å². The maximum absolute atomic E-state index is 14.1. The second kappa shape index (κ2) is 12.7. The average molecular weight is 649 g/mol. The van der Waals surface area contributed by atoms with Gasteiger partial charge in [-0.15, -0.1) is 0 Å². The molecule has 0 radical (unpaired) electrons. The van der Waals surface area contributed by atoms with E-state index in [0.717, 1.165) is 35.5 Å². The van der Waals surface area contributed by atoms with E-state index in [-0.39, 0.29) is 23.7 Å². The quantitative estimate of drug-likeness (QED) is 0.418. The Morgan fingerprint density at radius 1 is 1.02 bits per heavy atom. The smallest absolute Gasteiger partial charge is 0.410 e. The van der Waals surface area contributed by atoms with E-state index in [0.29, 0.717) is 74.3 Å². The van der Waals surface area contributed by atoms with Crippen LogP contribution in [0.3, 0.4) is 0 Å². The fourth-order valence-electron chi connectivity index (χ4n) is 8.59. The van der Waals surface area contributed by atoms with E-state index in [2.05, 4.69) is 21.6 Å². The number of nitrogens with two attached hydrogens (primary N) is 1. The van der Waals surface area contributed by atoms with Crippen LogP contribution >= 0.6 is 11.6 Å². The first kappa shape index (κ1) is 31.3. The number of likely N-dealkylation sites (tertiary alicyclic amines) is 1. The molecule has 0 aromatic heterocycles. The summed E-state index contributed by atoms with van der Waals surface area (Å²) in [5.41, 5.74) is 9.90. The lowest BCUT2D eigenvalue weighted by Crippen LogP contribution is -2.57. The molecule has 3 atom stereocenters. The standard InChI is InChI=1S/C35H45ClN6O4/c1-22-16-23(17-28(36)32(22)37)18-30(33(44)41-14-12-40(13-15-41)26-19-24-6-7-25(20-26)38-24)46-34(45)42-10-8-35(9-11-42)21-31(43)39-29-5-3-2-4-27(29)35/h2-5,16-17,24-26,30,38H,6-15,18-21,37H2,1H3,(H,39,43)/t24?,25?,26?,30-/m1/s1. The number of ether oxygens (including phenoxy) is 1. The lowest BCUT2D eigenvalue weighted by atomic mass is 9.68. The molecule has 11 heteroatoms. The minimum absolute atomic E-state index is 0.00504. The Balaban J connectivity index is 1.03. The van der Waals surface area contributed by atoms with Crippen LogP contribution in [0.4, 0.5) is 16.2 Å². The molecule has 46 heavy (non-hydrogen) atoms. The van der Waals surface area contributed by atoms with Gasteiger partial charge in [-0.25, -0.2) is 4.79 Å². The lowest BCUT2D eigenvalue weighted by Gasteiger charge is -2.45. The molecular formula is C35H45ClN6O4. The number of hydrogen-bond donors (Lipinski definition) is 3. The van der Waals surface area contributed by atoms with Gasteiger partial charge in [0, 0.05) is 81.3 Å². The van der Waals surface area contributed by atoms with Crippen molar-refractivity contribution in [1.82, 2.24) is 20.0 Å². The minimum Gasteiger partial charge on any atom is -0.436 e. The Kier molecular flexibility index (Phi) is 8.63. The first-order valence-corrected chi connectivity index (χ1v) is 17.2. The molecule has 2 unspecified atom stereocenters. The first-order valence-electron chi connectivity index (χ1n) is 16.9. The molecule has 5 aliphatic rings. The van der Waals surface area contributed by atoms with Crippen LogP contribution in [0.15, 0.2) is 36.4 Å². The molecule has 5 heterocycles. The monoisotopic (exact) mass is 648 g/mol. The zero-order valence-electron chi connectivity index (χ0n) is 26.6. The summed E-state index contributed by atoms with van der Waals surface area (Å²) in [7, 11) is 0. The number of para-hydroxylation sites is 1. The van der Waals surface area contributed by atoms with Crippen LogP contribution in [-0.4, -0.2) is 96.1 Å². The van der Waals surface area contributed by atoms with Gasteiger partial charge in [0.2, 0.25) is 5.91 Å². The minimum atomic E-state index is -0.982. The van der Waals surface area contributed by atoms with Crippen molar-refractivity contribution in [3.8, 4) is 0 Å². The zero-order valence-corrected chi connectivity index (χ0v) is 27.4. The van der Waals surface area contributed by atoms with E-state index >= 15 is 0 Å². The van der Waals surface area contributed by atoms with E-state index in [9.17, 15) is 14.4 Å². The number of amides is 3. The van der Waals surface area contributed by atoms with Crippen molar-refractivity contribution in [2.75, 3.05) is 50.3 Å². The van der Waals surface area contributed by atoms with Crippen molar-refractivity contribution in [2.24, 2.45) is 0 Å². The molecule has 0 aliphatic carbocycles. The molecule has 2 aromatic rings. The fourth-order valence-corrected chi connectivity index (χ4v) is 8.87. The third-order valence-corrected chi connectivity index (χ3v) is 11.5. The maximum Gasteiger partial charge on any atom is 0.410 e. The van der Waals surface area contributed by atoms with Crippen LogP contribution in [0.1, 0.15) is 61.6 Å². The Hall–Kier alpha value is -3.34. The van der Waals surface area contributed by atoms with Gasteiger partial charge in [-0.3, -0.25) is 14.5 Å².